The maximum atomic E-state index is 4.15. The van der Waals surface area contributed by atoms with Crippen LogP contribution in [0.1, 0.15) is 33.3 Å². The molecule has 0 aliphatic rings. The Morgan fingerprint density at radius 1 is 1.39 bits per heavy atom. The molecule has 0 spiro atoms. The first-order valence-electron chi connectivity index (χ1n) is 6.70. The predicted molar refractivity (Wildman–Crippen MR) is 77.5 cm³/mol. The van der Waals surface area contributed by atoms with Crippen molar-refractivity contribution in [3.63, 3.8) is 0 Å². The molecule has 3 nitrogen and oxygen atoms in total. The third-order valence-corrected chi connectivity index (χ3v) is 2.86. The van der Waals surface area contributed by atoms with E-state index >= 15 is 0 Å². The highest BCUT2D eigenvalue weighted by atomic mass is 15.1. The van der Waals surface area contributed by atoms with Gasteiger partial charge in [-0.15, -0.1) is 0 Å². The fourth-order valence-electron chi connectivity index (χ4n) is 2.13. The number of pyridine rings is 1. The third-order valence-electron chi connectivity index (χ3n) is 2.86. The van der Waals surface area contributed by atoms with Crippen molar-refractivity contribution < 1.29 is 0 Å². The second-order valence-electron chi connectivity index (χ2n) is 6.23. The molecule has 18 heavy (non-hydrogen) atoms. The molecular formula is C15H27N3. The molecule has 1 heterocycles. The Morgan fingerprint density at radius 2 is 2.11 bits per heavy atom. The zero-order chi connectivity index (χ0) is 13.6. The molecular weight excluding hydrogens is 222 g/mol. The van der Waals surface area contributed by atoms with E-state index < -0.39 is 0 Å². The topological polar surface area (TPSA) is 28.2 Å². The number of nitrogens with zero attached hydrogens (tertiary/aromatic N) is 2. The van der Waals surface area contributed by atoms with E-state index in [4.69, 9.17) is 0 Å². The highest BCUT2D eigenvalue weighted by Crippen LogP contribution is 2.16. The summed E-state index contributed by atoms with van der Waals surface area (Å²) in [6, 6.07) is 4.67. The Labute approximate surface area is 112 Å². The summed E-state index contributed by atoms with van der Waals surface area (Å²) in [6.07, 6.45) is 3.76. The van der Waals surface area contributed by atoms with Gasteiger partial charge in [-0.05, 0) is 24.1 Å². The average molecular weight is 249 g/mol. The zero-order valence-corrected chi connectivity index (χ0v) is 12.4. The van der Waals surface area contributed by atoms with Crippen LogP contribution in [0.2, 0.25) is 0 Å². The van der Waals surface area contributed by atoms with Crippen molar-refractivity contribution >= 4 is 0 Å². The van der Waals surface area contributed by atoms with Crippen molar-refractivity contribution in [1.82, 2.24) is 15.2 Å². The van der Waals surface area contributed by atoms with Crippen molar-refractivity contribution in [2.75, 3.05) is 20.1 Å². The number of rotatable bonds is 7. The molecule has 1 rings (SSSR count). The molecule has 0 unspecified atom stereocenters. The minimum atomic E-state index is 0.279. The van der Waals surface area contributed by atoms with E-state index in [-0.39, 0.29) is 5.41 Å². The van der Waals surface area contributed by atoms with Crippen molar-refractivity contribution in [2.24, 2.45) is 5.41 Å². The fourth-order valence-corrected chi connectivity index (χ4v) is 2.13. The lowest BCUT2D eigenvalue weighted by Crippen LogP contribution is -2.40. The first kappa shape index (κ1) is 15.1. The molecule has 1 aromatic rings. The van der Waals surface area contributed by atoms with Crippen molar-refractivity contribution in [3.05, 3.63) is 30.1 Å². The summed E-state index contributed by atoms with van der Waals surface area (Å²) in [5.74, 6) is 0. The van der Waals surface area contributed by atoms with Crippen LogP contribution >= 0.6 is 0 Å². The normalized spacial score (nSPS) is 12.4. The summed E-state index contributed by atoms with van der Waals surface area (Å²) < 4.78 is 0. The summed E-state index contributed by atoms with van der Waals surface area (Å²) in [6.45, 7) is 12.1. The van der Waals surface area contributed by atoms with Crippen molar-refractivity contribution in [3.8, 4) is 0 Å². The Morgan fingerprint density at radius 3 is 2.67 bits per heavy atom. The molecule has 0 amide bonds. The lowest BCUT2D eigenvalue weighted by atomic mass is 9.92. The molecule has 0 aromatic carbocycles. The first-order chi connectivity index (χ1) is 8.39. The van der Waals surface area contributed by atoms with Crippen LogP contribution in [0.25, 0.3) is 0 Å². The van der Waals surface area contributed by atoms with Gasteiger partial charge < -0.3 is 10.2 Å². The van der Waals surface area contributed by atoms with Crippen LogP contribution in [0, 0.1) is 5.41 Å². The molecule has 1 aromatic heterocycles. The highest BCUT2D eigenvalue weighted by molar-refractivity contribution is 5.08. The molecule has 1 N–H and O–H groups in total. The molecule has 0 saturated carbocycles. The van der Waals surface area contributed by atoms with Gasteiger partial charge in [0, 0.05) is 38.1 Å². The molecule has 0 bridgehead atoms. The van der Waals surface area contributed by atoms with Gasteiger partial charge >= 0.3 is 0 Å². The van der Waals surface area contributed by atoms with Gasteiger partial charge in [0.15, 0.2) is 0 Å². The van der Waals surface area contributed by atoms with E-state index in [1.807, 2.05) is 18.5 Å². The highest BCUT2D eigenvalue weighted by Gasteiger charge is 2.20. The minimum Gasteiger partial charge on any atom is -0.314 e. The summed E-state index contributed by atoms with van der Waals surface area (Å²) in [4.78, 5) is 6.51. The van der Waals surface area contributed by atoms with E-state index in [1.54, 1.807) is 0 Å². The number of aromatic nitrogens is 1. The summed E-state index contributed by atoms with van der Waals surface area (Å²) >= 11 is 0. The molecule has 0 radical (unpaired) electrons. The van der Waals surface area contributed by atoms with Gasteiger partial charge in [0.05, 0.1) is 0 Å². The average Bonchev–Trinajstić information content (AvgIpc) is 2.27. The van der Waals surface area contributed by atoms with Crippen LogP contribution in [-0.4, -0.2) is 36.1 Å². The molecule has 102 valence electrons. The lowest BCUT2D eigenvalue weighted by Gasteiger charge is -2.31. The zero-order valence-electron chi connectivity index (χ0n) is 12.4. The van der Waals surface area contributed by atoms with Gasteiger partial charge in [-0.2, -0.15) is 0 Å². The number of hydrogen-bond donors (Lipinski definition) is 1. The predicted octanol–water partition coefficient (Wildman–Crippen LogP) is 2.54. The van der Waals surface area contributed by atoms with Crippen LogP contribution in [0.4, 0.5) is 0 Å². The summed E-state index contributed by atoms with van der Waals surface area (Å²) in [5.41, 5.74) is 1.55. The summed E-state index contributed by atoms with van der Waals surface area (Å²) in [5, 5.41) is 3.52. The monoisotopic (exact) mass is 249 g/mol. The van der Waals surface area contributed by atoms with Crippen LogP contribution in [-0.2, 0) is 6.54 Å². The van der Waals surface area contributed by atoms with E-state index in [0.717, 1.165) is 19.6 Å². The Kier molecular flexibility index (Phi) is 5.76. The van der Waals surface area contributed by atoms with Crippen molar-refractivity contribution in [2.45, 2.75) is 40.3 Å². The fraction of sp³-hybridized carbons (Fsp3) is 0.667. The standard InChI is InChI=1S/C15H27N3/c1-13(2)17-11-15(3,4)12-18(5)10-14-7-6-8-16-9-14/h6-9,13,17H,10-12H2,1-5H3. The van der Waals surface area contributed by atoms with Gasteiger partial charge in [-0.1, -0.05) is 33.8 Å². The van der Waals surface area contributed by atoms with E-state index in [2.05, 4.69) is 56.0 Å². The third kappa shape index (κ3) is 6.12. The second kappa shape index (κ2) is 6.86. The van der Waals surface area contributed by atoms with E-state index in [0.29, 0.717) is 6.04 Å². The molecule has 0 aliphatic carbocycles. The van der Waals surface area contributed by atoms with E-state index in [1.165, 1.54) is 5.56 Å². The minimum absolute atomic E-state index is 0.279. The van der Waals surface area contributed by atoms with Crippen LogP contribution in [0.3, 0.4) is 0 Å². The largest absolute Gasteiger partial charge is 0.314 e. The van der Waals surface area contributed by atoms with Gasteiger partial charge in [0.25, 0.3) is 0 Å². The smallest absolute Gasteiger partial charge is 0.0312 e. The molecule has 0 fully saturated rings. The molecule has 0 aliphatic heterocycles. The van der Waals surface area contributed by atoms with Crippen LogP contribution < -0.4 is 5.32 Å². The number of nitrogens with one attached hydrogen (secondary N) is 1. The maximum Gasteiger partial charge on any atom is 0.0312 e. The quantitative estimate of drug-likeness (QED) is 0.805. The van der Waals surface area contributed by atoms with Gasteiger partial charge in [0.2, 0.25) is 0 Å². The Bertz CT molecular complexity index is 333. The molecule has 3 heteroatoms. The SMILES string of the molecule is CC(C)NCC(C)(C)CN(C)Cc1cccnc1. The molecule has 0 saturated heterocycles. The maximum absolute atomic E-state index is 4.15. The van der Waals surface area contributed by atoms with E-state index in [9.17, 15) is 0 Å². The Hall–Kier alpha value is -0.930. The second-order valence-corrected chi connectivity index (χ2v) is 6.23. The first-order valence-corrected chi connectivity index (χ1v) is 6.70. The van der Waals surface area contributed by atoms with Crippen LogP contribution in [0.5, 0.6) is 0 Å². The molecule has 0 atom stereocenters. The summed E-state index contributed by atoms with van der Waals surface area (Å²) in [7, 11) is 2.17. The number of hydrogen-bond acceptors (Lipinski definition) is 3. The van der Waals surface area contributed by atoms with Crippen molar-refractivity contribution in [1.29, 1.82) is 0 Å². The van der Waals surface area contributed by atoms with Gasteiger partial charge in [0.1, 0.15) is 0 Å². The van der Waals surface area contributed by atoms with Gasteiger partial charge in [-0.25, -0.2) is 0 Å². The Balaban J connectivity index is 2.41. The lowest BCUT2D eigenvalue weighted by molar-refractivity contribution is 0.195. The van der Waals surface area contributed by atoms with Crippen LogP contribution in [0.15, 0.2) is 24.5 Å². The van der Waals surface area contributed by atoms with Gasteiger partial charge in [-0.3, -0.25) is 4.98 Å².